The maximum Gasteiger partial charge on any atom is 0.466 e. The van der Waals surface area contributed by atoms with Gasteiger partial charge in [-0.25, -0.2) is 9.36 Å². The summed E-state index contributed by atoms with van der Waals surface area (Å²) in [6, 6.07) is -0.0163. The van der Waals surface area contributed by atoms with Gasteiger partial charge in [-0.2, -0.15) is 11.8 Å². The minimum Gasteiger partial charge on any atom is -0.396 e. The molecule has 0 aliphatic heterocycles. The fourth-order valence-electron chi connectivity index (χ4n) is 2.55. The van der Waals surface area contributed by atoms with Gasteiger partial charge in [0.25, 0.3) is 0 Å². The van der Waals surface area contributed by atoms with E-state index in [4.69, 9.17) is 24.4 Å². The van der Waals surface area contributed by atoms with E-state index in [0.717, 1.165) is 38.1 Å². The van der Waals surface area contributed by atoms with Crippen molar-refractivity contribution in [3.8, 4) is 0 Å². The van der Waals surface area contributed by atoms with Crippen molar-refractivity contribution in [1.29, 1.82) is 0 Å². The Bertz CT molecular complexity index is 418. The van der Waals surface area contributed by atoms with Crippen LogP contribution in [0.25, 0.3) is 0 Å². The number of rotatable bonds is 18. The summed E-state index contributed by atoms with van der Waals surface area (Å²) in [5, 5.41) is 14.7. The average molecular weight is 473 g/mol. The first-order valence-electron chi connectivity index (χ1n) is 11.2. The van der Waals surface area contributed by atoms with E-state index in [0.29, 0.717) is 12.5 Å². The van der Waals surface area contributed by atoms with Crippen LogP contribution in [0.15, 0.2) is 0 Å². The third-order valence-corrected chi connectivity index (χ3v) is 5.66. The van der Waals surface area contributed by atoms with Crippen molar-refractivity contribution in [3.05, 3.63) is 0 Å². The predicted molar refractivity (Wildman–Crippen MR) is 126 cm³/mol. The van der Waals surface area contributed by atoms with E-state index in [1.165, 1.54) is 57.1 Å². The number of phosphoric acid groups is 1. The molecule has 0 saturated carbocycles. The molecule has 6 N–H and O–H groups in total. The summed E-state index contributed by atoms with van der Waals surface area (Å²) in [5.41, 5.74) is 0. The number of urea groups is 1. The summed E-state index contributed by atoms with van der Waals surface area (Å²) in [7, 11) is -4.64. The van der Waals surface area contributed by atoms with E-state index >= 15 is 0 Å². The van der Waals surface area contributed by atoms with Crippen molar-refractivity contribution in [2.24, 2.45) is 5.92 Å². The molecule has 0 aliphatic rings. The molecule has 1 unspecified atom stereocenters. The second kappa shape index (κ2) is 23.4. The molecule has 10 heteroatoms. The number of thioether (sulfide) groups is 1. The van der Waals surface area contributed by atoms with Gasteiger partial charge in [0.05, 0.1) is 0 Å². The summed E-state index contributed by atoms with van der Waals surface area (Å²) in [6.07, 6.45) is 13.8. The first kappa shape index (κ1) is 31.9. The van der Waals surface area contributed by atoms with Crippen LogP contribution in [0.2, 0.25) is 0 Å². The van der Waals surface area contributed by atoms with E-state index in [-0.39, 0.29) is 6.03 Å². The fraction of sp³-hybridized carbons (Fsp3) is 0.950. The summed E-state index contributed by atoms with van der Waals surface area (Å²) < 4.78 is 8.88. The van der Waals surface area contributed by atoms with Gasteiger partial charge in [0.15, 0.2) is 0 Å². The molecule has 1 atom stereocenters. The van der Waals surface area contributed by atoms with Crippen LogP contribution in [-0.2, 0) is 4.57 Å². The fourth-order valence-corrected chi connectivity index (χ4v) is 3.63. The SMILES string of the molecule is CCCCNC(=O)NCCCCCCCCCCCSCC(C)CO.O=P(O)(O)O. The molecular weight excluding hydrogens is 427 g/mol. The van der Waals surface area contributed by atoms with Gasteiger partial charge in [-0.1, -0.05) is 65.2 Å². The zero-order valence-corrected chi connectivity index (χ0v) is 20.6. The number of carbonyl (C=O) groups is 1. The Morgan fingerprint density at radius 1 is 0.867 bits per heavy atom. The first-order chi connectivity index (χ1) is 14.2. The molecule has 182 valence electrons. The lowest BCUT2D eigenvalue weighted by atomic mass is 10.1. The molecule has 0 aromatic rings. The van der Waals surface area contributed by atoms with Crippen LogP contribution in [0.3, 0.4) is 0 Å². The third kappa shape index (κ3) is 35.1. The Labute approximate surface area is 187 Å². The minimum absolute atomic E-state index is 0.0163. The van der Waals surface area contributed by atoms with Crippen LogP contribution in [0.1, 0.15) is 84.5 Å². The highest BCUT2D eigenvalue weighted by atomic mass is 32.2. The Morgan fingerprint density at radius 2 is 1.30 bits per heavy atom. The third-order valence-electron chi connectivity index (χ3n) is 4.28. The number of hydrogen-bond donors (Lipinski definition) is 6. The second-order valence-electron chi connectivity index (χ2n) is 7.59. The molecule has 0 rings (SSSR count). The topological polar surface area (TPSA) is 139 Å². The molecule has 0 heterocycles. The van der Waals surface area contributed by atoms with Crippen LogP contribution in [0.4, 0.5) is 4.79 Å². The summed E-state index contributed by atoms with van der Waals surface area (Å²) in [5.74, 6) is 2.77. The molecule has 2 amide bonds. The van der Waals surface area contributed by atoms with Crippen molar-refractivity contribution < 1.29 is 29.1 Å². The van der Waals surface area contributed by atoms with Crippen LogP contribution >= 0.6 is 19.6 Å². The van der Waals surface area contributed by atoms with Crippen molar-refractivity contribution in [3.63, 3.8) is 0 Å². The minimum atomic E-state index is -4.64. The van der Waals surface area contributed by atoms with Gasteiger partial charge in [0.1, 0.15) is 0 Å². The van der Waals surface area contributed by atoms with Crippen LogP contribution in [0.5, 0.6) is 0 Å². The average Bonchev–Trinajstić information content (AvgIpc) is 2.66. The Kier molecular flexibility index (Phi) is 24.8. The lowest BCUT2D eigenvalue weighted by Gasteiger charge is -2.07. The molecule has 8 nitrogen and oxygen atoms in total. The largest absolute Gasteiger partial charge is 0.466 e. The number of carbonyl (C=O) groups excluding carboxylic acids is 1. The molecule has 0 spiro atoms. The Morgan fingerprint density at radius 3 is 1.77 bits per heavy atom. The summed E-state index contributed by atoms with van der Waals surface area (Å²) >= 11 is 1.98. The molecule has 0 aromatic heterocycles. The van der Waals surface area contributed by atoms with Gasteiger partial charge in [0.2, 0.25) is 0 Å². The predicted octanol–water partition coefficient (Wildman–Crippen LogP) is 4.03. The van der Waals surface area contributed by atoms with Crippen LogP contribution in [0, 0.1) is 5.92 Å². The van der Waals surface area contributed by atoms with Crippen molar-refractivity contribution in [2.75, 3.05) is 31.2 Å². The molecule has 0 aliphatic carbocycles. The monoisotopic (exact) mass is 472 g/mol. The first-order valence-corrected chi connectivity index (χ1v) is 13.9. The molecule has 0 bridgehead atoms. The van der Waals surface area contributed by atoms with Gasteiger partial charge < -0.3 is 30.4 Å². The van der Waals surface area contributed by atoms with Crippen molar-refractivity contribution in [2.45, 2.75) is 84.5 Å². The zero-order chi connectivity index (χ0) is 23.1. The van der Waals surface area contributed by atoms with E-state index in [1.54, 1.807) is 0 Å². The van der Waals surface area contributed by atoms with Gasteiger partial charge in [-0.05, 0) is 36.7 Å². The van der Waals surface area contributed by atoms with E-state index in [1.807, 2.05) is 11.8 Å². The molecule has 0 aromatic carbocycles. The lowest BCUT2D eigenvalue weighted by molar-refractivity contribution is 0.240. The smallest absolute Gasteiger partial charge is 0.396 e. The van der Waals surface area contributed by atoms with Gasteiger partial charge in [-0.3, -0.25) is 0 Å². The molecule has 0 radical (unpaired) electrons. The standard InChI is InChI=1S/C20H42N2O2S.H3O4P/c1-3-4-14-21-20(24)22-15-12-10-8-6-5-7-9-11-13-16-25-18-19(2)17-23;1-5(2,3)4/h19,23H,3-18H2,1-2H3,(H2,21,22,24);(H3,1,2,3,4). The van der Waals surface area contributed by atoms with Crippen LogP contribution < -0.4 is 10.6 Å². The van der Waals surface area contributed by atoms with E-state index in [2.05, 4.69) is 24.5 Å². The van der Waals surface area contributed by atoms with Crippen molar-refractivity contribution >= 4 is 25.6 Å². The Hall–Kier alpha value is -0.310. The number of nitrogens with one attached hydrogen (secondary N) is 2. The molecule has 0 fully saturated rings. The quantitative estimate of drug-likeness (QED) is 0.131. The highest BCUT2D eigenvalue weighted by Crippen LogP contribution is 2.25. The second-order valence-corrected chi connectivity index (χ2v) is 9.77. The maximum atomic E-state index is 11.4. The number of aliphatic hydroxyl groups excluding tert-OH is 1. The summed E-state index contributed by atoms with van der Waals surface area (Å²) in [4.78, 5) is 33.0. The van der Waals surface area contributed by atoms with Crippen molar-refractivity contribution in [1.82, 2.24) is 10.6 Å². The highest BCUT2D eigenvalue weighted by Gasteiger charge is 2.01. The Balaban J connectivity index is 0. The molecule has 0 saturated heterocycles. The van der Waals surface area contributed by atoms with Gasteiger partial charge in [0, 0.05) is 19.7 Å². The van der Waals surface area contributed by atoms with Gasteiger partial charge >= 0.3 is 13.9 Å². The number of unbranched alkanes of at least 4 members (excludes halogenated alkanes) is 9. The van der Waals surface area contributed by atoms with Crippen LogP contribution in [-0.4, -0.2) is 57.0 Å². The normalized spacial score (nSPS) is 12.1. The maximum absolute atomic E-state index is 11.4. The number of aliphatic hydroxyl groups is 1. The molecule has 30 heavy (non-hydrogen) atoms. The number of hydrogen-bond acceptors (Lipinski definition) is 4. The molecular formula is C20H45N2O6PS. The van der Waals surface area contributed by atoms with E-state index in [9.17, 15) is 4.79 Å². The number of amides is 2. The highest BCUT2D eigenvalue weighted by molar-refractivity contribution is 7.99. The lowest BCUT2D eigenvalue weighted by Crippen LogP contribution is -2.36. The van der Waals surface area contributed by atoms with E-state index < -0.39 is 7.82 Å². The summed E-state index contributed by atoms with van der Waals surface area (Å²) in [6.45, 7) is 6.12. The van der Waals surface area contributed by atoms with Gasteiger partial charge in [-0.15, -0.1) is 0 Å². The zero-order valence-electron chi connectivity index (χ0n) is 18.9.